The van der Waals surface area contributed by atoms with Crippen molar-refractivity contribution in [3.8, 4) is 0 Å². The Kier molecular flexibility index (Phi) is 7.35. The van der Waals surface area contributed by atoms with Gasteiger partial charge in [-0.3, -0.25) is 14.8 Å². The van der Waals surface area contributed by atoms with E-state index in [1.807, 2.05) is 11.8 Å². The fourth-order valence-corrected chi connectivity index (χ4v) is 7.07. The summed E-state index contributed by atoms with van der Waals surface area (Å²) >= 11 is 3.52. The molecular formula is C28H35FI2N4O. The predicted octanol–water partition coefficient (Wildman–Crippen LogP) is 7.15. The Morgan fingerprint density at radius 1 is 1.14 bits per heavy atom. The van der Waals surface area contributed by atoms with Crippen LogP contribution in [0.4, 0.5) is 14.9 Å². The number of amides is 2. The van der Waals surface area contributed by atoms with Crippen molar-refractivity contribution in [2.24, 2.45) is 5.92 Å². The van der Waals surface area contributed by atoms with E-state index in [2.05, 4.69) is 59.2 Å². The Labute approximate surface area is 241 Å². The van der Waals surface area contributed by atoms with E-state index in [9.17, 15) is 9.18 Å². The Bertz CT molecular complexity index is 1110. The zero-order valence-corrected chi connectivity index (χ0v) is 25.6. The summed E-state index contributed by atoms with van der Waals surface area (Å²) in [4.78, 5) is 24.9. The Morgan fingerprint density at radius 2 is 1.81 bits per heavy atom. The van der Waals surface area contributed by atoms with Gasteiger partial charge in [-0.1, -0.05) is 36.8 Å². The number of carbonyl (C=O) groups is 1. The number of anilines is 1. The van der Waals surface area contributed by atoms with Crippen molar-refractivity contribution in [2.75, 3.05) is 32.1 Å². The number of hydrogen-bond donors (Lipinski definition) is 0. The molecule has 8 heteroatoms. The van der Waals surface area contributed by atoms with Crippen molar-refractivity contribution in [1.82, 2.24) is 14.8 Å². The maximum absolute atomic E-state index is 14.5. The third kappa shape index (κ3) is 4.67. The van der Waals surface area contributed by atoms with Gasteiger partial charge in [0.2, 0.25) is 0 Å². The van der Waals surface area contributed by atoms with Crippen LogP contribution < -0.4 is 4.90 Å². The first-order chi connectivity index (χ1) is 17.1. The monoisotopic (exact) mass is 716 g/mol. The number of alkyl halides is 3. The number of rotatable bonds is 6. The highest BCUT2D eigenvalue weighted by Crippen LogP contribution is 2.50. The van der Waals surface area contributed by atoms with E-state index in [1.165, 1.54) is 24.8 Å². The highest BCUT2D eigenvalue weighted by molar-refractivity contribution is 14.2. The van der Waals surface area contributed by atoms with Gasteiger partial charge < -0.3 is 4.90 Å². The minimum atomic E-state index is -1.57. The maximum Gasteiger partial charge on any atom is 0.325 e. The molecule has 3 aliphatic rings. The quantitative estimate of drug-likeness (QED) is 0.236. The van der Waals surface area contributed by atoms with Gasteiger partial charge in [0.15, 0.2) is 0 Å². The van der Waals surface area contributed by atoms with Gasteiger partial charge in [-0.05, 0) is 128 Å². The molecule has 0 bridgehead atoms. The second kappa shape index (κ2) is 9.94. The van der Waals surface area contributed by atoms with Crippen LogP contribution in [0.2, 0.25) is 0 Å². The van der Waals surface area contributed by atoms with Crippen molar-refractivity contribution < 1.29 is 9.18 Å². The number of hydrogen-bond acceptors (Lipinski definition) is 3. The normalized spacial score (nSPS) is 27.2. The largest absolute Gasteiger partial charge is 0.325 e. The summed E-state index contributed by atoms with van der Waals surface area (Å²) < 4.78 is 13.0. The molecule has 3 fully saturated rings. The summed E-state index contributed by atoms with van der Waals surface area (Å²) in [5.74, 6) is 0.604. The van der Waals surface area contributed by atoms with Gasteiger partial charge in [0.1, 0.15) is 0 Å². The van der Waals surface area contributed by atoms with Crippen LogP contribution in [0.15, 0.2) is 42.6 Å². The first-order valence-electron chi connectivity index (χ1n) is 12.9. The number of urea groups is 1. The van der Waals surface area contributed by atoms with Crippen molar-refractivity contribution in [2.45, 2.75) is 64.6 Å². The summed E-state index contributed by atoms with van der Waals surface area (Å²) in [7, 11) is 4.37. The predicted molar refractivity (Wildman–Crippen MR) is 160 cm³/mol. The molecule has 1 spiro atoms. The lowest BCUT2D eigenvalue weighted by molar-refractivity contribution is 0.0172. The van der Waals surface area contributed by atoms with Crippen LogP contribution in [0.25, 0.3) is 0 Å². The fourth-order valence-electron chi connectivity index (χ4n) is 6.48. The molecule has 5 nitrogen and oxygen atoms in total. The van der Waals surface area contributed by atoms with Crippen molar-refractivity contribution >= 4 is 56.9 Å². The average molecular weight is 716 g/mol. The summed E-state index contributed by atoms with van der Waals surface area (Å²) in [6, 6.07) is 12.7. The number of carbonyl (C=O) groups excluding carboxylic acids is 1. The van der Waals surface area contributed by atoms with Crippen LogP contribution in [0, 0.1) is 12.8 Å². The number of aromatic nitrogens is 1. The molecule has 194 valence electrons. The molecule has 0 unspecified atom stereocenters. The number of pyridine rings is 1. The zero-order chi connectivity index (χ0) is 25.7. The molecule has 2 aromatic rings. The van der Waals surface area contributed by atoms with Crippen molar-refractivity contribution in [3.05, 3.63) is 59.4 Å². The lowest BCUT2D eigenvalue weighted by atomic mass is 9.68. The van der Waals surface area contributed by atoms with E-state index >= 15 is 0 Å². The smallest absolute Gasteiger partial charge is 0.317 e. The molecule has 2 amide bonds. The van der Waals surface area contributed by atoms with Gasteiger partial charge in [0.25, 0.3) is 1.68 Å². The molecule has 0 radical (unpaired) electrons. The minimum Gasteiger partial charge on any atom is -0.317 e. The van der Waals surface area contributed by atoms with E-state index in [1.54, 1.807) is 57.4 Å². The van der Waals surface area contributed by atoms with Crippen LogP contribution in [0.1, 0.15) is 61.8 Å². The first kappa shape index (κ1) is 26.6. The Balaban J connectivity index is 1.46. The first-order valence-corrected chi connectivity index (χ1v) is 15.1. The molecule has 2 heterocycles. The van der Waals surface area contributed by atoms with E-state index in [0.29, 0.717) is 18.2 Å². The summed E-state index contributed by atoms with van der Waals surface area (Å²) in [6.07, 6.45) is 9.35. The van der Waals surface area contributed by atoms with Crippen LogP contribution in [0.5, 0.6) is 0 Å². The summed E-state index contributed by atoms with van der Waals surface area (Å²) in [5.41, 5.74) is 3.25. The molecular weight excluding hydrogens is 681 g/mol. The molecule has 0 atom stereocenters. The van der Waals surface area contributed by atoms with Gasteiger partial charge in [0, 0.05) is 12.1 Å². The fraction of sp³-hybridized carbons (Fsp3) is 0.571. The number of halogens is 3. The third-order valence-corrected chi connectivity index (χ3v) is 10.1. The van der Waals surface area contributed by atoms with Gasteiger partial charge >= 0.3 is 6.03 Å². The molecule has 1 aromatic heterocycles. The second-order valence-electron chi connectivity index (χ2n) is 11.1. The second-order valence-corrected chi connectivity index (χ2v) is 16.2. The minimum absolute atomic E-state index is 0.0186. The molecule has 1 saturated heterocycles. The van der Waals surface area contributed by atoms with Crippen LogP contribution >= 0.6 is 45.2 Å². The molecule has 2 aliphatic carbocycles. The maximum atomic E-state index is 14.5. The number of aryl methyl sites for hydroxylation is 1. The van der Waals surface area contributed by atoms with Crippen LogP contribution in [0.3, 0.4) is 0 Å². The topological polar surface area (TPSA) is 39.7 Å². The standard InChI is InChI=1S/C28H35FI2N4O/c1-20-16-24(28(29,30)31)32-17-23(20)34-19-26(35(25(34)36)18-21-8-7-9-21)12-14-27(15-13-26,33(2)3)22-10-5-4-6-11-22/h4-6,10-11,16-17,21H,7-9,12-15,18-19H2,1-3H3/t26-,27+. The zero-order valence-electron chi connectivity index (χ0n) is 21.3. The van der Waals surface area contributed by atoms with Gasteiger partial charge in [-0.2, -0.15) is 0 Å². The van der Waals surface area contributed by atoms with Crippen molar-refractivity contribution in [3.63, 3.8) is 0 Å². The summed E-state index contributed by atoms with van der Waals surface area (Å²) in [6.45, 7) is 3.48. The highest BCUT2D eigenvalue weighted by Gasteiger charge is 2.55. The number of nitrogens with zero attached hydrogens (tertiary/aromatic N) is 4. The van der Waals surface area contributed by atoms with Gasteiger partial charge in [0.05, 0.1) is 29.7 Å². The highest BCUT2D eigenvalue weighted by atomic mass is 127. The Hall–Kier alpha value is -1.01. The lowest BCUT2D eigenvalue weighted by Gasteiger charge is -2.51. The van der Waals surface area contributed by atoms with Crippen molar-refractivity contribution in [1.29, 1.82) is 0 Å². The Morgan fingerprint density at radius 3 is 2.33 bits per heavy atom. The molecule has 2 saturated carbocycles. The van der Waals surface area contributed by atoms with Crippen LogP contribution in [-0.4, -0.2) is 53.5 Å². The SMILES string of the molecule is Cc1cc(C(F)(I)I)ncc1N1C[C@]2(CC[C@](c3ccccc3)(N(C)C)CC2)N(CC2CCC2)C1=O. The number of benzene rings is 1. The summed E-state index contributed by atoms with van der Waals surface area (Å²) in [5, 5.41) is 0. The van der Waals surface area contributed by atoms with E-state index in [4.69, 9.17) is 0 Å². The molecule has 0 N–H and O–H groups in total. The van der Waals surface area contributed by atoms with Gasteiger partial charge in [-0.15, -0.1) is 0 Å². The molecule has 5 rings (SSSR count). The van der Waals surface area contributed by atoms with Crippen LogP contribution in [-0.2, 0) is 7.22 Å². The van der Waals surface area contributed by atoms with E-state index in [0.717, 1.165) is 43.5 Å². The van der Waals surface area contributed by atoms with E-state index < -0.39 is 1.68 Å². The van der Waals surface area contributed by atoms with Gasteiger partial charge in [-0.25, -0.2) is 9.18 Å². The lowest BCUT2D eigenvalue weighted by Crippen LogP contribution is -2.56. The molecule has 36 heavy (non-hydrogen) atoms. The van der Waals surface area contributed by atoms with E-state index in [-0.39, 0.29) is 17.1 Å². The molecule has 1 aromatic carbocycles. The molecule has 1 aliphatic heterocycles. The average Bonchev–Trinajstić information content (AvgIpc) is 3.07. The third-order valence-electron chi connectivity index (χ3n) is 8.99.